The van der Waals surface area contributed by atoms with E-state index in [9.17, 15) is 18.5 Å². The Hall–Kier alpha value is -4.13. The smallest absolute Gasteiger partial charge is 0.331 e. The Morgan fingerprint density at radius 2 is 1.97 bits per heavy atom. The van der Waals surface area contributed by atoms with E-state index in [2.05, 4.69) is 10.8 Å². The van der Waals surface area contributed by atoms with E-state index < -0.39 is 16.0 Å². The predicted octanol–water partition coefficient (Wildman–Crippen LogP) is 3.64. The second kappa shape index (κ2) is 9.56. The Kier molecular flexibility index (Phi) is 6.40. The van der Waals surface area contributed by atoms with E-state index in [1.54, 1.807) is 34.9 Å². The van der Waals surface area contributed by atoms with Gasteiger partial charge in [0.25, 0.3) is 0 Å². The average molecular weight is 461 g/mol. The van der Waals surface area contributed by atoms with Gasteiger partial charge >= 0.3 is 5.97 Å². The number of fused-ring (bicyclic) bond motifs is 1. The average Bonchev–Trinajstić information content (AvgIpc) is 3.47. The highest BCUT2D eigenvalue weighted by molar-refractivity contribution is 7.89. The first-order chi connectivity index (χ1) is 16.0. The zero-order valence-corrected chi connectivity index (χ0v) is 18.2. The summed E-state index contributed by atoms with van der Waals surface area (Å²) in [5.74, 6) is -0.0714. The number of benzene rings is 1. The van der Waals surface area contributed by atoms with E-state index in [0.29, 0.717) is 22.5 Å². The number of hydrogen-bond donors (Lipinski definition) is 1. The summed E-state index contributed by atoms with van der Waals surface area (Å²) in [4.78, 5) is 12.2. The van der Waals surface area contributed by atoms with Gasteiger partial charge < -0.3 is 13.6 Å². The van der Waals surface area contributed by atoms with E-state index in [4.69, 9.17) is 9.15 Å². The van der Waals surface area contributed by atoms with Gasteiger partial charge in [0.1, 0.15) is 18.4 Å². The molecule has 0 aliphatic heterocycles. The van der Waals surface area contributed by atoms with Gasteiger partial charge in [0.05, 0.1) is 28.8 Å². The number of hydrogen-bond acceptors (Lipinski definition) is 6. The Labute approximate surface area is 190 Å². The van der Waals surface area contributed by atoms with Crippen LogP contribution in [0.4, 0.5) is 0 Å². The molecule has 0 atom stereocenters. The van der Waals surface area contributed by atoms with Crippen LogP contribution in [0.25, 0.3) is 11.6 Å². The standard InChI is InChI=1S/C24H19N3O5S/c25-14-22-19(16-27-12-2-1-5-23(22)27)17-32-24(28)11-8-18-6-9-21(10-7-18)33(29,30)26-15-20-4-3-13-31-20/h1-13,16,26H,15,17H2/b11-8+. The first kappa shape index (κ1) is 22.1. The molecule has 9 heteroatoms. The Morgan fingerprint density at radius 3 is 2.70 bits per heavy atom. The lowest BCUT2D eigenvalue weighted by molar-refractivity contribution is -0.138. The van der Waals surface area contributed by atoms with Crippen molar-refractivity contribution in [1.82, 2.24) is 9.12 Å². The number of nitriles is 1. The molecule has 0 radical (unpaired) electrons. The summed E-state index contributed by atoms with van der Waals surface area (Å²) < 4.78 is 39.4. The summed E-state index contributed by atoms with van der Waals surface area (Å²) in [5.41, 5.74) is 2.45. The minimum absolute atomic E-state index is 0.0355. The van der Waals surface area contributed by atoms with Gasteiger partial charge in [-0.3, -0.25) is 0 Å². The van der Waals surface area contributed by atoms with Crippen LogP contribution in [-0.4, -0.2) is 18.8 Å². The molecule has 0 amide bonds. The van der Waals surface area contributed by atoms with Crippen molar-refractivity contribution in [3.8, 4) is 6.07 Å². The number of nitrogens with zero attached hydrogens (tertiary/aromatic N) is 2. The third-order valence-corrected chi connectivity index (χ3v) is 6.28. The number of nitrogens with one attached hydrogen (secondary N) is 1. The summed E-state index contributed by atoms with van der Waals surface area (Å²) in [5, 5.41) is 9.41. The molecule has 0 saturated carbocycles. The normalized spacial score (nSPS) is 11.6. The van der Waals surface area contributed by atoms with Gasteiger partial charge in [-0.1, -0.05) is 18.2 Å². The number of rotatable bonds is 8. The second-order valence-electron chi connectivity index (χ2n) is 7.05. The maximum absolute atomic E-state index is 12.4. The molecule has 0 spiro atoms. The number of carbonyl (C=O) groups excluding carboxylic acids is 1. The van der Waals surface area contributed by atoms with Crippen LogP contribution in [0.15, 0.2) is 88.6 Å². The zero-order chi connectivity index (χ0) is 23.3. The van der Waals surface area contributed by atoms with Crippen LogP contribution in [0.3, 0.4) is 0 Å². The highest BCUT2D eigenvalue weighted by Crippen LogP contribution is 2.19. The molecule has 33 heavy (non-hydrogen) atoms. The number of ether oxygens (including phenoxy) is 1. The largest absolute Gasteiger partial charge is 0.468 e. The van der Waals surface area contributed by atoms with Crippen molar-refractivity contribution in [2.75, 3.05) is 0 Å². The van der Waals surface area contributed by atoms with Crippen molar-refractivity contribution in [2.24, 2.45) is 0 Å². The highest BCUT2D eigenvalue weighted by atomic mass is 32.2. The van der Waals surface area contributed by atoms with E-state index >= 15 is 0 Å². The molecule has 0 aliphatic rings. The van der Waals surface area contributed by atoms with Crippen LogP contribution >= 0.6 is 0 Å². The fraction of sp³-hybridized carbons (Fsp3) is 0.0833. The van der Waals surface area contributed by atoms with Gasteiger partial charge in [0.2, 0.25) is 10.0 Å². The quantitative estimate of drug-likeness (QED) is 0.317. The van der Waals surface area contributed by atoms with Gasteiger partial charge in [0, 0.05) is 24.0 Å². The Balaban J connectivity index is 1.35. The summed E-state index contributed by atoms with van der Waals surface area (Å²) in [6.45, 7) is 0.0139. The van der Waals surface area contributed by atoms with Crippen molar-refractivity contribution >= 4 is 27.6 Å². The number of sulfonamides is 1. The third kappa shape index (κ3) is 5.20. The number of carbonyl (C=O) groups is 1. The number of esters is 1. The third-order valence-electron chi connectivity index (χ3n) is 4.86. The minimum Gasteiger partial charge on any atom is -0.468 e. The van der Waals surface area contributed by atoms with E-state index in [1.807, 2.05) is 24.4 Å². The second-order valence-corrected chi connectivity index (χ2v) is 8.82. The lowest BCUT2D eigenvalue weighted by atomic mass is 10.2. The van der Waals surface area contributed by atoms with Crippen LogP contribution in [-0.2, 0) is 32.7 Å². The van der Waals surface area contributed by atoms with Gasteiger partial charge in [-0.05, 0) is 48.0 Å². The van der Waals surface area contributed by atoms with E-state index in [0.717, 1.165) is 5.52 Å². The lowest BCUT2D eigenvalue weighted by Crippen LogP contribution is -2.22. The van der Waals surface area contributed by atoms with Crippen molar-refractivity contribution in [1.29, 1.82) is 5.26 Å². The molecular weight excluding hydrogens is 442 g/mol. The fourth-order valence-corrected chi connectivity index (χ4v) is 4.19. The molecule has 3 heterocycles. The van der Waals surface area contributed by atoms with Crippen molar-refractivity contribution in [3.63, 3.8) is 0 Å². The molecule has 0 saturated heterocycles. The summed E-state index contributed by atoms with van der Waals surface area (Å²) in [7, 11) is -3.70. The SMILES string of the molecule is N#Cc1c(COC(=O)/C=C/c2ccc(S(=O)(=O)NCc3ccco3)cc2)cn2ccccc12. The molecule has 0 bridgehead atoms. The molecule has 3 aromatic heterocycles. The van der Waals surface area contributed by atoms with Crippen LogP contribution in [0, 0.1) is 11.3 Å². The first-order valence-electron chi connectivity index (χ1n) is 9.92. The fourth-order valence-electron chi connectivity index (χ4n) is 3.20. The molecule has 166 valence electrons. The maximum atomic E-state index is 12.4. The lowest BCUT2D eigenvalue weighted by Gasteiger charge is -2.05. The summed E-state index contributed by atoms with van der Waals surface area (Å²) >= 11 is 0. The van der Waals surface area contributed by atoms with Crippen molar-refractivity contribution < 1.29 is 22.4 Å². The van der Waals surface area contributed by atoms with Gasteiger partial charge in [0.15, 0.2) is 0 Å². The van der Waals surface area contributed by atoms with Crippen LogP contribution < -0.4 is 4.72 Å². The summed E-state index contributed by atoms with van der Waals surface area (Å²) in [6.07, 6.45) is 7.82. The maximum Gasteiger partial charge on any atom is 0.331 e. The molecule has 0 fully saturated rings. The van der Waals surface area contributed by atoms with Crippen LogP contribution in [0.5, 0.6) is 0 Å². The number of aromatic nitrogens is 1. The molecule has 0 unspecified atom stereocenters. The van der Waals surface area contributed by atoms with Gasteiger partial charge in [-0.15, -0.1) is 0 Å². The van der Waals surface area contributed by atoms with Crippen LogP contribution in [0.1, 0.15) is 22.5 Å². The van der Waals surface area contributed by atoms with E-state index in [-0.39, 0.29) is 18.0 Å². The minimum atomic E-state index is -3.70. The number of furan rings is 1. The van der Waals surface area contributed by atoms with Crippen molar-refractivity contribution in [3.05, 3.63) is 102 Å². The van der Waals surface area contributed by atoms with Gasteiger partial charge in [-0.2, -0.15) is 5.26 Å². The van der Waals surface area contributed by atoms with E-state index in [1.165, 1.54) is 30.5 Å². The molecule has 4 aromatic rings. The topological polar surface area (TPSA) is 114 Å². The number of pyridine rings is 1. The molecule has 1 aromatic carbocycles. The molecule has 8 nitrogen and oxygen atoms in total. The Bertz CT molecular complexity index is 1440. The predicted molar refractivity (Wildman–Crippen MR) is 120 cm³/mol. The zero-order valence-electron chi connectivity index (χ0n) is 17.3. The molecule has 4 rings (SSSR count). The monoisotopic (exact) mass is 461 g/mol. The highest BCUT2D eigenvalue weighted by Gasteiger charge is 2.14. The summed E-state index contributed by atoms with van der Waals surface area (Å²) in [6, 6.07) is 17.1. The Morgan fingerprint density at radius 1 is 1.15 bits per heavy atom. The molecule has 1 N–H and O–H groups in total. The van der Waals surface area contributed by atoms with Crippen LogP contribution in [0.2, 0.25) is 0 Å². The molecular formula is C24H19N3O5S. The molecule has 0 aliphatic carbocycles. The van der Waals surface area contributed by atoms with Gasteiger partial charge in [-0.25, -0.2) is 17.9 Å². The van der Waals surface area contributed by atoms with Crippen molar-refractivity contribution in [2.45, 2.75) is 18.0 Å². The first-order valence-corrected chi connectivity index (χ1v) is 11.4.